The Balaban J connectivity index is 0.00000338. The molecule has 0 aromatic heterocycles. The Labute approximate surface area is 156 Å². The molecule has 1 amide bonds. The average Bonchev–Trinajstić information content (AvgIpc) is 2.55. The maximum atomic E-state index is 12.0. The van der Waals surface area contributed by atoms with Crippen LogP contribution in [0.5, 0.6) is 11.5 Å². The molecule has 0 atom stereocenters. The average molecular weight is 402 g/mol. The Morgan fingerprint density at radius 2 is 1.85 bits per heavy atom. The largest absolute Gasteiger partial charge is 0.455 e. The molecular formula is C15H16ClN3O6S. The topological polar surface area (TPSA) is 133 Å². The third-order valence-corrected chi connectivity index (χ3v) is 4.14. The Kier molecular flexibility index (Phi) is 7.07. The van der Waals surface area contributed by atoms with Gasteiger partial charge in [0.15, 0.2) is 5.75 Å². The van der Waals surface area contributed by atoms with Gasteiger partial charge in [-0.2, -0.15) is 0 Å². The lowest BCUT2D eigenvalue weighted by Gasteiger charge is -2.22. The summed E-state index contributed by atoms with van der Waals surface area (Å²) >= 11 is 0. The molecule has 9 nitrogen and oxygen atoms in total. The number of para-hydroxylation sites is 1. The van der Waals surface area contributed by atoms with Gasteiger partial charge in [-0.25, -0.2) is 12.7 Å². The van der Waals surface area contributed by atoms with Gasteiger partial charge in [0.2, 0.25) is 10.0 Å². The standard InChI is InChI=1S/C15H15N3O6S.ClH/c1-25(22,23)17(15(19)10-16)13-8-7-11(18(20)21)9-14(13)24-12-5-3-2-4-6-12;/h2-9H,10,16H2,1H3;1H. The predicted molar refractivity (Wildman–Crippen MR) is 98.2 cm³/mol. The van der Waals surface area contributed by atoms with Crippen LogP contribution >= 0.6 is 12.4 Å². The van der Waals surface area contributed by atoms with Gasteiger partial charge in [-0.05, 0) is 18.2 Å². The fourth-order valence-corrected chi connectivity index (χ4v) is 3.01. The highest BCUT2D eigenvalue weighted by atomic mass is 35.5. The molecule has 0 aliphatic carbocycles. The highest BCUT2D eigenvalue weighted by Gasteiger charge is 2.28. The van der Waals surface area contributed by atoms with Crippen molar-refractivity contribution in [2.24, 2.45) is 5.73 Å². The first-order valence-corrected chi connectivity index (χ1v) is 8.83. The molecule has 2 rings (SSSR count). The van der Waals surface area contributed by atoms with Crippen LogP contribution in [0, 0.1) is 10.1 Å². The fraction of sp³-hybridized carbons (Fsp3) is 0.133. The molecule has 0 aliphatic heterocycles. The van der Waals surface area contributed by atoms with Crippen molar-refractivity contribution in [3.63, 3.8) is 0 Å². The van der Waals surface area contributed by atoms with E-state index in [1.165, 1.54) is 0 Å². The van der Waals surface area contributed by atoms with Gasteiger partial charge in [0.05, 0.1) is 23.8 Å². The van der Waals surface area contributed by atoms with Crippen LogP contribution in [0.3, 0.4) is 0 Å². The van der Waals surface area contributed by atoms with Crippen molar-refractivity contribution in [1.29, 1.82) is 0 Å². The molecular weight excluding hydrogens is 386 g/mol. The van der Waals surface area contributed by atoms with Gasteiger partial charge < -0.3 is 10.5 Å². The van der Waals surface area contributed by atoms with E-state index >= 15 is 0 Å². The number of anilines is 1. The first kappa shape index (κ1) is 21.4. The van der Waals surface area contributed by atoms with Crippen LogP contribution in [0.15, 0.2) is 48.5 Å². The lowest BCUT2D eigenvalue weighted by Crippen LogP contribution is -2.40. The number of nitro benzene ring substituents is 1. The minimum absolute atomic E-state index is 0. The van der Waals surface area contributed by atoms with Gasteiger partial charge in [0, 0.05) is 6.07 Å². The summed E-state index contributed by atoms with van der Waals surface area (Å²) in [5.74, 6) is -0.736. The van der Waals surface area contributed by atoms with E-state index in [2.05, 4.69) is 0 Å². The SMILES string of the molecule is CS(=O)(=O)N(C(=O)CN)c1ccc([N+](=O)[O-])cc1Oc1ccccc1.Cl. The van der Waals surface area contributed by atoms with Crippen LogP contribution in [0.4, 0.5) is 11.4 Å². The van der Waals surface area contributed by atoms with Crippen LogP contribution in [0.1, 0.15) is 0 Å². The zero-order valence-electron chi connectivity index (χ0n) is 13.6. The summed E-state index contributed by atoms with van der Waals surface area (Å²) in [6, 6.07) is 11.5. The summed E-state index contributed by atoms with van der Waals surface area (Å²) in [6.45, 7) is -0.561. The molecule has 0 spiro atoms. The molecule has 0 fully saturated rings. The van der Waals surface area contributed by atoms with Crippen molar-refractivity contribution in [2.45, 2.75) is 0 Å². The minimum Gasteiger partial charge on any atom is -0.455 e. The van der Waals surface area contributed by atoms with Gasteiger partial charge in [0.1, 0.15) is 11.4 Å². The molecule has 11 heteroatoms. The minimum atomic E-state index is -4.02. The van der Waals surface area contributed by atoms with Gasteiger partial charge in [-0.3, -0.25) is 14.9 Å². The van der Waals surface area contributed by atoms with Crippen LogP contribution < -0.4 is 14.8 Å². The fourth-order valence-electron chi connectivity index (χ4n) is 2.06. The number of rotatable bonds is 6. The summed E-state index contributed by atoms with van der Waals surface area (Å²) < 4.78 is 30.1. The van der Waals surface area contributed by atoms with Gasteiger partial charge >= 0.3 is 0 Å². The molecule has 2 aromatic rings. The highest BCUT2D eigenvalue weighted by Crippen LogP contribution is 2.36. The highest BCUT2D eigenvalue weighted by molar-refractivity contribution is 7.92. The Bertz CT molecular complexity index is 905. The number of amides is 1. The van der Waals surface area contributed by atoms with Gasteiger partial charge in [0.25, 0.3) is 11.6 Å². The zero-order valence-corrected chi connectivity index (χ0v) is 15.2. The van der Waals surface area contributed by atoms with Crippen molar-refractivity contribution >= 4 is 39.7 Å². The molecule has 0 saturated heterocycles. The van der Waals surface area contributed by atoms with Crippen molar-refractivity contribution in [2.75, 3.05) is 17.1 Å². The lowest BCUT2D eigenvalue weighted by molar-refractivity contribution is -0.384. The molecule has 140 valence electrons. The van der Waals surface area contributed by atoms with Gasteiger partial charge in [-0.1, -0.05) is 18.2 Å². The van der Waals surface area contributed by atoms with E-state index in [4.69, 9.17) is 10.5 Å². The van der Waals surface area contributed by atoms with E-state index < -0.39 is 27.4 Å². The number of carbonyl (C=O) groups is 1. The second-order valence-corrected chi connectivity index (χ2v) is 6.78. The van der Waals surface area contributed by atoms with E-state index in [1.54, 1.807) is 30.3 Å². The lowest BCUT2D eigenvalue weighted by atomic mass is 10.2. The summed E-state index contributed by atoms with van der Waals surface area (Å²) in [7, 11) is -4.02. The number of nitrogens with zero attached hydrogens (tertiary/aromatic N) is 2. The monoisotopic (exact) mass is 401 g/mol. The first-order chi connectivity index (χ1) is 11.7. The van der Waals surface area contributed by atoms with E-state index in [0.717, 1.165) is 24.5 Å². The number of benzene rings is 2. The zero-order chi connectivity index (χ0) is 18.6. The first-order valence-electron chi connectivity index (χ1n) is 6.98. The second kappa shape index (κ2) is 8.61. The number of carbonyl (C=O) groups excluding carboxylic acids is 1. The Hall–Kier alpha value is -2.69. The molecule has 0 saturated carbocycles. The number of nitrogens with two attached hydrogens (primary N) is 1. The summed E-state index contributed by atoms with van der Waals surface area (Å²) in [6.07, 6.45) is 0.828. The van der Waals surface area contributed by atoms with E-state index in [1.807, 2.05) is 0 Å². The molecule has 26 heavy (non-hydrogen) atoms. The summed E-state index contributed by atoms with van der Waals surface area (Å²) in [5, 5.41) is 11.0. The third kappa shape index (κ3) is 4.91. The molecule has 0 unspecified atom stereocenters. The van der Waals surface area contributed by atoms with Gasteiger partial charge in [-0.15, -0.1) is 12.4 Å². The molecule has 2 aromatic carbocycles. The van der Waals surface area contributed by atoms with Crippen LogP contribution in [0.2, 0.25) is 0 Å². The number of halogens is 1. The molecule has 0 heterocycles. The number of ether oxygens (including phenoxy) is 1. The molecule has 2 N–H and O–H groups in total. The van der Waals surface area contributed by atoms with E-state index in [0.29, 0.717) is 10.1 Å². The molecule has 0 aliphatic rings. The third-order valence-electron chi connectivity index (χ3n) is 3.08. The maximum Gasteiger partial charge on any atom is 0.273 e. The van der Waals surface area contributed by atoms with Crippen molar-refractivity contribution in [3.8, 4) is 11.5 Å². The Morgan fingerprint density at radius 3 is 2.35 bits per heavy atom. The number of hydrogen-bond acceptors (Lipinski definition) is 7. The molecule has 0 bridgehead atoms. The van der Waals surface area contributed by atoms with Crippen LogP contribution in [-0.2, 0) is 14.8 Å². The van der Waals surface area contributed by atoms with Crippen molar-refractivity contribution in [3.05, 3.63) is 58.6 Å². The summed E-state index contributed by atoms with van der Waals surface area (Å²) in [5.41, 5.74) is 4.81. The molecule has 0 radical (unpaired) electrons. The maximum absolute atomic E-state index is 12.0. The normalized spacial score (nSPS) is 10.5. The van der Waals surface area contributed by atoms with Crippen molar-refractivity contribution < 1.29 is 22.9 Å². The number of non-ortho nitro benzene ring substituents is 1. The Morgan fingerprint density at radius 1 is 1.23 bits per heavy atom. The predicted octanol–water partition coefficient (Wildman–Crippen LogP) is 2.06. The summed E-state index contributed by atoms with van der Waals surface area (Å²) in [4.78, 5) is 22.4. The van der Waals surface area contributed by atoms with E-state index in [9.17, 15) is 23.3 Å². The number of nitro groups is 1. The quantitative estimate of drug-likeness (QED) is 0.578. The van der Waals surface area contributed by atoms with Crippen LogP contribution in [-0.4, -0.2) is 32.0 Å². The van der Waals surface area contributed by atoms with Crippen molar-refractivity contribution in [1.82, 2.24) is 0 Å². The second-order valence-electron chi connectivity index (χ2n) is 4.95. The number of sulfonamides is 1. The number of hydrogen-bond donors (Lipinski definition) is 1. The van der Waals surface area contributed by atoms with E-state index in [-0.39, 0.29) is 29.5 Å². The van der Waals surface area contributed by atoms with Crippen LogP contribution in [0.25, 0.3) is 0 Å². The smallest absolute Gasteiger partial charge is 0.273 e.